The van der Waals surface area contributed by atoms with E-state index in [4.69, 9.17) is 5.11 Å². The van der Waals surface area contributed by atoms with Crippen molar-refractivity contribution in [1.82, 2.24) is 10.7 Å². The Labute approximate surface area is 204 Å². The second-order valence-corrected chi connectivity index (χ2v) is 8.97. The SMILES string of the molecule is C/C(=N\NC(=O)c1ccc(C(=O)NCC(=O)O)s1)C1=CSC(c2ccc(OC(F)(F)F)cc2)C1=O. The van der Waals surface area contributed by atoms with Crippen LogP contribution in [0, 0.1) is 0 Å². The quantitative estimate of drug-likeness (QED) is 0.353. The highest BCUT2D eigenvalue weighted by atomic mass is 32.2. The number of carboxylic acids is 1. The number of benzene rings is 1. The van der Waals surface area contributed by atoms with Crippen LogP contribution in [0.3, 0.4) is 0 Å². The van der Waals surface area contributed by atoms with E-state index in [0.29, 0.717) is 5.56 Å². The number of alkyl halides is 3. The monoisotopic (exact) mass is 527 g/mol. The third-order valence-corrected chi connectivity index (χ3v) is 6.62. The number of allylic oxidation sites excluding steroid dienone is 1. The molecule has 1 aromatic heterocycles. The highest BCUT2D eigenvalue weighted by molar-refractivity contribution is 8.03. The number of hydrazone groups is 1. The average Bonchev–Trinajstić information content (AvgIpc) is 3.42. The van der Waals surface area contributed by atoms with Crippen LogP contribution in [0.15, 0.2) is 52.5 Å². The number of ether oxygens (including phenoxy) is 1. The van der Waals surface area contributed by atoms with Crippen LogP contribution in [0.25, 0.3) is 0 Å². The molecule has 1 aromatic carbocycles. The van der Waals surface area contributed by atoms with E-state index in [1.165, 1.54) is 31.2 Å². The Balaban J connectivity index is 1.59. The summed E-state index contributed by atoms with van der Waals surface area (Å²) < 4.78 is 40.7. The van der Waals surface area contributed by atoms with Crippen molar-refractivity contribution in [3.8, 4) is 5.75 Å². The number of hydrogen-bond acceptors (Lipinski definition) is 8. The van der Waals surface area contributed by atoms with Gasteiger partial charge in [-0.2, -0.15) is 5.10 Å². The minimum atomic E-state index is -4.82. The number of hydrogen-bond donors (Lipinski definition) is 3. The summed E-state index contributed by atoms with van der Waals surface area (Å²) in [7, 11) is 0. The predicted octanol–water partition coefficient (Wildman–Crippen LogP) is 3.51. The summed E-state index contributed by atoms with van der Waals surface area (Å²) in [6.45, 7) is 0.946. The molecule has 3 rings (SSSR count). The number of aliphatic carboxylic acids is 1. The van der Waals surface area contributed by atoms with Crippen molar-refractivity contribution >= 4 is 52.4 Å². The first-order valence-corrected chi connectivity index (χ1v) is 11.4. The summed E-state index contributed by atoms with van der Waals surface area (Å²) in [5, 5.41) is 15.6. The number of carbonyl (C=O) groups excluding carboxylic acids is 3. The lowest BCUT2D eigenvalue weighted by Gasteiger charge is -2.12. The smallest absolute Gasteiger partial charge is 0.480 e. The van der Waals surface area contributed by atoms with Gasteiger partial charge in [0.25, 0.3) is 11.8 Å². The lowest BCUT2D eigenvalue weighted by atomic mass is 10.0. The Morgan fingerprint density at radius 1 is 1.09 bits per heavy atom. The van der Waals surface area contributed by atoms with Gasteiger partial charge < -0.3 is 15.2 Å². The van der Waals surface area contributed by atoms with E-state index in [2.05, 4.69) is 20.6 Å². The fourth-order valence-corrected chi connectivity index (χ4v) is 4.75. The topological polar surface area (TPSA) is 134 Å². The zero-order chi connectivity index (χ0) is 25.8. The van der Waals surface area contributed by atoms with Crippen LogP contribution < -0.4 is 15.5 Å². The van der Waals surface area contributed by atoms with Gasteiger partial charge in [0.2, 0.25) is 0 Å². The van der Waals surface area contributed by atoms with Crippen molar-refractivity contribution in [1.29, 1.82) is 0 Å². The minimum Gasteiger partial charge on any atom is -0.480 e. The minimum absolute atomic E-state index is 0.136. The Hall–Kier alpha value is -3.65. The molecule has 2 amide bonds. The van der Waals surface area contributed by atoms with Crippen LogP contribution in [-0.2, 0) is 9.59 Å². The molecule has 0 bridgehead atoms. The summed E-state index contributed by atoms with van der Waals surface area (Å²) in [5.41, 5.74) is 3.21. The number of rotatable bonds is 8. The average molecular weight is 528 g/mol. The van der Waals surface area contributed by atoms with Gasteiger partial charge in [-0.1, -0.05) is 12.1 Å². The van der Waals surface area contributed by atoms with Crippen molar-refractivity contribution in [2.45, 2.75) is 18.5 Å². The zero-order valence-electron chi connectivity index (χ0n) is 17.7. The van der Waals surface area contributed by atoms with Crippen LogP contribution in [-0.4, -0.2) is 47.3 Å². The van der Waals surface area contributed by atoms with Crippen LogP contribution in [0.4, 0.5) is 13.2 Å². The van der Waals surface area contributed by atoms with Crippen molar-refractivity contribution < 1.29 is 42.2 Å². The Morgan fingerprint density at radius 2 is 1.71 bits per heavy atom. The highest BCUT2D eigenvalue weighted by Crippen LogP contribution is 2.40. The number of nitrogens with zero attached hydrogens (tertiary/aromatic N) is 1. The first kappa shape index (κ1) is 26.0. The fourth-order valence-electron chi connectivity index (χ4n) is 2.81. The molecule has 1 unspecified atom stereocenters. The van der Waals surface area contributed by atoms with Crippen molar-refractivity contribution in [2.75, 3.05) is 6.54 Å². The summed E-state index contributed by atoms with van der Waals surface area (Å²) in [6.07, 6.45) is -4.82. The maximum Gasteiger partial charge on any atom is 0.573 e. The molecule has 3 N–H and O–H groups in total. The van der Waals surface area contributed by atoms with E-state index >= 15 is 0 Å². The highest BCUT2D eigenvalue weighted by Gasteiger charge is 2.33. The van der Waals surface area contributed by atoms with E-state index in [0.717, 1.165) is 35.2 Å². The summed E-state index contributed by atoms with van der Waals surface area (Å²) in [5.74, 6) is -3.22. The van der Waals surface area contributed by atoms with E-state index in [1.54, 1.807) is 5.41 Å². The number of carboxylic acid groups (broad SMARTS) is 1. The molecule has 0 saturated heterocycles. The Morgan fingerprint density at radius 3 is 2.31 bits per heavy atom. The number of amides is 2. The van der Waals surface area contributed by atoms with Crippen molar-refractivity contribution in [2.24, 2.45) is 5.10 Å². The number of Topliss-reactive ketones (excluding diaryl/α,β-unsaturated/α-hetero) is 1. The van der Waals surface area contributed by atoms with Gasteiger partial charge in [0.15, 0.2) is 5.78 Å². The molecule has 1 aliphatic rings. The number of thiophene rings is 1. The molecular formula is C21H16F3N3O6S2. The van der Waals surface area contributed by atoms with Gasteiger partial charge >= 0.3 is 12.3 Å². The molecule has 35 heavy (non-hydrogen) atoms. The largest absolute Gasteiger partial charge is 0.573 e. The van der Waals surface area contributed by atoms with Gasteiger partial charge in [-0.3, -0.25) is 19.2 Å². The molecule has 184 valence electrons. The second kappa shape index (κ2) is 10.7. The number of carbonyl (C=O) groups is 4. The molecular weight excluding hydrogens is 511 g/mol. The first-order valence-electron chi connectivity index (χ1n) is 9.65. The summed E-state index contributed by atoms with van der Waals surface area (Å²) in [4.78, 5) is 47.8. The van der Waals surface area contributed by atoms with Gasteiger partial charge in [-0.05, 0) is 42.2 Å². The Kier molecular flexibility index (Phi) is 7.96. The van der Waals surface area contributed by atoms with Gasteiger partial charge in [0, 0.05) is 5.57 Å². The molecule has 0 spiro atoms. The maximum atomic E-state index is 12.8. The lowest BCUT2D eigenvalue weighted by molar-refractivity contribution is -0.274. The molecule has 2 heterocycles. The van der Waals surface area contributed by atoms with E-state index in [9.17, 15) is 32.3 Å². The first-order chi connectivity index (χ1) is 16.4. The van der Waals surface area contributed by atoms with Gasteiger partial charge in [0.05, 0.1) is 20.7 Å². The number of ketones is 1. The van der Waals surface area contributed by atoms with Crippen molar-refractivity contribution in [3.63, 3.8) is 0 Å². The third-order valence-electron chi connectivity index (χ3n) is 4.41. The number of nitrogens with one attached hydrogen (secondary N) is 2. The predicted molar refractivity (Wildman–Crippen MR) is 121 cm³/mol. The molecule has 0 radical (unpaired) electrons. The van der Waals surface area contributed by atoms with Crippen LogP contribution in [0.2, 0.25) is 0 Å². The molecule has 0 saturated carbocycles. The van der Waals surface area contributed by atoms with E-state index < -0.39 is 41.7 Å². The third kappa shape index (κ3) is 6.93. The molecule has 14 heteroatoms. The summed E-state index contributed by atoms with van der Waals surface area (Å²) in [6, 6.07) is 7.70. The maximum absolute atomic E-state index is 12.8. The van der Waals surface area contributed by atoms with Gasteiger partial charge in [-0.15, -0.1) is 36.3 Å². The summed E-state index contributed by atoms with van der Waals surface area (Å²) >= 11 is 1.99. The molecule has 1 aliphatic heterocycles. The van der Waals surface area contributed by atoms with Crippen LogP contribution >= 0.6 is 23.1 Å². The van der Waals surface area contributed by atoms with E-state index in [1.807, 2.05) is 0 Å². The molecule has 0 aliphatic carbocycles. The van der Waals surface area contributed by atoms with Crippen LogP contribution in [0.1, 0.15) is 37.1 Å². The second-order valence-electron chi connectivity index (χ2n) is 6.91. The fraction of sp³-hybridized carbons (Fsp3) is 0.190. The Bertz CT molecular complexity index is 1220. The molecule has 9 nitrogen and oxygen atoms in total. The number of thioether (sulfide) groups is 1. The van der Waals surface area contributed by atoms with Crippen LogP contribution in [0.5, 0.6) is 5.75 Å². The molecule has 0 fully saturated rings. The lowest BCUT2D eigenvalue weighted by Crippen LogP contribution is -2.28. The standard InChI is InChI=1S/C21H16F3N3O6S2/c1-10(26-27-20(32)15-7-6-14(35-15)19(31)25-8-16(28)29)13-9-34-18(17(13)30)11-2-4-12(5-3-11)33-21(22,23)24/h2-7,9,18H,8H2,1H3,(H,25,31)(H,27,32)(H,28,29)/b26-10+. The van der Waals surface area contributed by atoms with Gasteiger partial charge in [0.1, 0.15) is 12.3 Å². The normalized spacial score (nSPS) is 16.0. The van der Waals surface area contributed by atoms with Crippen molar-refractivity contribution in [3.05, 3.63) is 62.7 Å². The molecule has 1 atom stereocenters. The molecule has 2 aromatic rings. The zero-order valence-corrected chi connectivity index (χ0v) is 19.3. The van der Waals surface area contributed by atoms with Gasteiger partial charge in [-0.25, -0.2) is 5.43 Å². The van der Waals surface area contributed by atoms with E-state index in [-0.39, 0.29) is 26.8 Å². The number of halogens is 3.